The second-order valence-electron chi connectivity index (χ2n) is 4.84. The number of pyridine rings is 1. The number of benzene rings is 1. The standard InChI is InChI=1S/C17H17F2NO2/c1-2-3-6-11-22-17(21)12-8-9-13(18)16(19)15(12)14-7-4-5-10-20-14/h4-5,7-10H,2-3,6,11H2,1H3. The summed E-state index contributed by atoms with van der Waals surface area (Å²) < 4.78 is 32.8. The van der Waals surface area contributed by atoms with Crippen molar-refractivity contribution in [3.8, 4) is 11.3 Å². The predicted octanol–water partition coefficient (Wildman–Crippen LogP) is 4.37. The third kappa shape index (κ3) is 3.67. The molecule has 0 amide bonds. The summed E-state index contributed by atoms with van der Waals surface area (Å²) in [6.45, 7) is 2.30. The number of aromatic nitrogens is 1. The largest absolute Gasteiger partial charge is 0.462 e. The van der Waals surface area contributed by atoms with E-state index in [0.717, 1.165) is 25.3 Å². The van der Waals surface area contributed by atoms with Crippen molar-refractivity contribution < 1.29 is 18.3 Å². The van der Waals surface area contributed by atoms with Crippen molar-refractivity contribution in [3.63, 3.8) is 0 Å². The highest BCUT2D eigenvalue weighted by Crippen LogP contribution is 2.27. The normalized spacial score (nSPS) is 10.5. The third-order valence-electron chi connectivity index (χ3n) is 3.22. The zero-order valence-corrected chi connectivity index (χ0v) is 12.3. The van der Waals surface area contributed by atoms with Gasteiger partial charge in [0.15, 0.2) is 11.6 Å². The number of carbonyl (C=O) groups is 1. The molecule has 3 nitrogen and oxygen atoms in total. The van der Waals surface area contributed by atoms with Gasteiger partial charge in [-0.3, -0.25) is 4.98 Å². The number of hydrogen-bond donors (Lipinski definition) is 0. The molecule has 0 fully saturated rings. The molecule has 0 atom stereocenters. The fraction of sp³-hybridized carbons (Fsp3) is 0.294. The van der Waals surface area contributed by atoms with Crippen molar-refractivity contribution in [3.05, 3.63) is 53.7 Å². The maximum Gasteiger partial charge on any atom is 0.338 e. The summed E-state index contributed by atoms with van der Waals surface area (Å²) in [6, 6.07) is 6.97. The van der Waals surface area contributed by atoms with Crippen LogP contribution in [-0.4, -0.2) is 17.6 Å². The molecule has 5 heteroatoms. The summed E-state index contributed by atoms with van der Waals surface area (Å²) in [5.74, 6) is -2.79. The highest BCUT2D eigenvalue weighted by atomic mass is 19.2. The molecular weight excluding hydrogens is 288 g/mol. The van der Waals surface area contributed by atoms with Gasteiger partial charge in [-0.05, 0) is 30.7 Å². The molecule has 0 radical (unpaired) electrons. The minimum absolute atomic E-state index is 0.0194. The Kier molecular flexibility index (Phi) is 5.58. The van der Waals surface area contributed by atoms with Crippen LogP contribution in [-0.2, 0) is 4.74 Å². The van der Waals surface area contributed by atoms with Crippen LogP contribution in [0.3, 0.4) is 0 Å². The Bertz CT molecular complexity index is 645. The van der Waals surface area contributed by atoms with E-state index in [-0.39, 0.29) is 23.4 Å². The molecule has 0 aliphatic heterocycles. The minimum Gasteiger partial charge on any atom is -0.462 e. The molecule has 2 rings (SSSR count). The SMILES string of the molecule is CCCCCOC(=O)c1ccc(F)c(F)c1-c1ccccn1. The number of ether oxygens (including phenoxy) is 1. The first kappa shape index (κ1) is 16.1. The molecule has 1 aromatic carbocycles. The van der Waals surface area contributed by atoms with Gasteiger partial charge in [-0.25, -0.2) is 13.6 Å². The van der Waals surface area contributed by atoms with Crippen LogP contribution in [0.15, 0.2) is 36.5 Å². The van der Waals surface area contributed by atoms with Gasteiger partial charge in [0.25, 0.3) is 0 Å². The lowest BCUT2D eigenvalue weighted by atomic mass is 10.0. The second kappa shape index (κ2) is 7.64. The maximum atomic E-state index is 14.1. The van der Waals surface area contributed by atoms with Crippen molar-refractivity contribution in [1.29, 1.82) is 0 Å². The lowest BCUT2D eigenvalue weighted by Crippen LogP contribution is -2.10. The molecule has 0 saturated carbocycles. The average molecular weight is 305 g/mol. The number of halogens is 2. The van der Waals surface area contributed by atoms with Gasteiger partial charge in [0.05, 0.1) is 23.4 Å². The van der Waals surface area contributed by atoms with E-state index in [9.17, 15) is 13.6 Å². The molecule has 0 bridgehead atoms. The predicted molar refractivity (Wildman–Crippen MR) is 79.4 cm³/mol. The van der Waals surface area contributed by atoms with Crippen LogP contribution in [0.2, 0.25) is 0 Å². The van der Waals surface area contributed by atoms with Crippen LogP contribution in [0.1, 0.15) is 36.5 Å². The summed E-state index contributed by atoms with van der Waals surface area (Å²) in [5, 5.41) is 0. The molecule has 0 saturated heterocycles. The Balaban J connectivity index is 2.32. The lowest BCUT2D eigenvalue weighted by molar-refractivity contribution is 0.0498. The van der Waals surface area contributed by atoms with Gasteiger partial charge in [-0.1, -0.05) is 25.8 Å². The molecule has 22 heavy (non-hydrogen) atoms. The molecule has 0 N–H and O–H groups in total. The Morgan fingerprint density at radius 3 is 2.68 bits per heavy atom. The fourth-order valence-electron chi connectivity index (χ4n) is 2.08. The van der Waals surface area contributed by atoms with Gasteiger partial charge in [0.1, 0.15) is 0 Å². The third-order valence-corrected chi connectivity index (χ3v) is 3.22. The highest BCUT2D eigenvalue weighted by Gasteiger charge is 2.21. The van der Waals surface area contributed by atoms with E-state index >= 15 is 0 Å². The Morgan fingerprint density at radius 2 is 2.00 bits per heavy atom. The molecule has 0 aliphatic rings. The number of unbranched alkanes of at least 4 members (excludes halogenated alkanes) is 2. The smallest absolute Gasteiger partial charge is 0.338 e. The van der Waals surface area contributed by atoms with E-state index in [0.29, 0.717) is 0 Å². The molecule has 116 valence electrons. The zero-order chi connectivity index (χ0) is 15.9. The van der Waals surface area contributed by atoms with Crippen LogP contribution in [0.5, 0.6) is 0 Å². The Morgan fingerprint density at radius 1 is 1.18 bits per heavy atom. The Hall–Kier alpha value is -2.30. The molecular formula is C17H17F2NO2. The first-order chi connectivity index (χ1) is 10.6. The van der Waals surface area contributed by atoms with Gasteiger partial charge in [-0.2, -0.15) is 0 Å². The van der Waals surface area contributed by atoms with Crippen LogP contribution in [0.4, 0.5) is 8.78 Å². The topological polar surface area (TPSA) is 39.2 Å². The van der Waals surface area contributed by atoms with E-state index in [1.807, 2.05) is 6.92 Å². The lowest BCUT2D eigenvalue weighted by Gasteiger charge is -2.11. The monoisotopic (exact) mass is 305 g/mol. The van der Waals surface area contributed by atoms with Crippen molar-refractivity contribution in [1.82, 2.24) is 4.98 Å². The van der Waals surface area contributed by atoms with Crippen LogP contribution >= 0.6 is 0 Å². The van der Waals surface area contributed by atoms with E-state index in [1.54, 1.807) is 12.1 Å². The van der Waals surface area contributed by atoms with Gasteiger partial charge in [-0.15, -0.1) is 0 Å². The molecule has 0 aliphatic carbocycles. The second-order valence-corrected chi connectivity index (χ2v) is 4.84. The number of carbonyl (C=O) groups excluding carboxylic acids is 1. The molecule has 0 unspecified atom stereocenters. The molecule has 1 heterocycles. The van der Waals surface area contributed by atoms with Crippen molar-refractivity contribution in [2.75, 3.05) is 6.61 Å². The Labute approximate surface area is 128 Å². The van der Waals surface area contributed by atoms with Crippen LogP contribution in [0, 0.1) is 11.6 Å². The van der Waals surface area contributed by atoms with Crippen molar-refractivity contribution in [2.24, 2.45) is 0 Å². The maximum absolute atomic E-state index is 14.1. The fourth-order valence-corrected chi connectivity index (χ4v) is 2.08. The summed E-state index contributed by atoms with van der Waals surface area (Å²) in [6.07, 6.45) is 4.14. The van der Waals surface area contributed by atoms with E-state index in [2.05, 4.69) is 4.98 Å². The van der Waals surface area contributed by atoms with Crippen LogP contribution < -0.4 is 0 Å². The number of nitrogens with zero attached hydrogens (tertiary/aromatic N) is 1. The van der Waals surface area contributed by atoms with Crippen LogP contribution in [0.25, 0.3) is 11.3 Å². The van der Waals surface area contributed by atoms with E-state index in [4.69, 9.17) is 4.74 Å². The summed E-state index contributed by atoms with van der Waals surface area (Å²) >= 11 is 0. The summed E-state index contributed by atoms with van der Waals surface area (Å²) in [5.41, 5.74) is 0.00944. The van der Waals surface area contributed by atoms with Gasteiger partial charge < -0.3 is 4.74 Å². The van der Waals surface area contributed by atoms with Crippen molar-refractivity contribution in [2.45, 2.75) is 26.2 Å². The first-order valence-corrected chi connectivity index (χ1v) is 7.21. The number of hydrogen-bond acceptors (Lipinski definition) is 3. The van der Waals surface area contributed by atoms with Crippen molar-refractivity contribution >= 4 is 5.97 Å². The van der Waals surface area contributed by atoms with Gasteiger partial charge in [0.2, 0.25) is 0 Å². The number of rotatable bonds is 6. The van der Waals surface area contributed by atoms with E-state index < -0.39 is 17.6 Å². The van der Waals surface area contributed by atoms with E-state index in [1.165, 1.54) is 18.3 Å². The first-order valence-electron chi connectivity index (χ1n) is 7.21. The molecule has 0 spiro atoms. The number of esters is 1. The highest BCUT2D eigenvalue weighted by molar-refractivity contribution is 5.97. The zero-order valence-electron chi connectivity index (χ0n) is 12.3. The van der Waals surface area contributed by atoms with Gasteiger partial charge in [0, 0.05) is 6.20 Å². The molecule has 2 aromatic rings. The molecule has 1 aromatic heterocycles. The summed E-state index contributed by atoms with van der Waals surface area (Å²) in [7, 11) is 0. The summed E-state index contributed by atoms with van der Waals surface area (Å²) in [4.78, 5) is 16.1. The quantitative estimate of drug-likeness (QED) is 0.587. The average Bonchev–Trinajstić information content (AvgIpc) is 2.54. The minimum atomic E-state index is -1.10. The van der Waals surface area contributed by atoms with Gasteiger partial charge >= 0.3 is 5.97 Å².